The van der Waals surface area contributed by atoms with Gasteiger partial charge in [0.2, 0.25) is 0 Å². The van der Waals surface area contributed by atoms with Gasteiger partial charge in [0, 0.05) is 5.56 Å². The molecule has 0 aromatic carbocycles. The molecule has 1 aliphatic heterocycles. The van der Waals surface area contributed by atoms with Crippen molar-refractivity contribution < 1.29 is 9.32 Å². The average molecular weight is 239 g/mol. The Morgan fingerprint density at radius 2 is 2.25 bits per heavy atom. The number of nitrogens with zero attached hydrogens (tertiary/aromatic N) is 2. The van der Waals surface area contributed by atoms with Crippen molar-refractivity contribution in [3.63, 3.8) is 0 Å². The van der Waals surface area contributed by atoms with Crippen LogP contribution in [0.5, 0.6) is 0 Å². The molecule has 6 heteroatoms. The van der Waals surface area contributed by atoms with E-state index in [2.05, 4.69) is 10.5 Å². The van der Waals surface area contributed by atoms with Gasteiger partial charge in [-0.15, -0.1) is 0 Å². The Kier molecular flexibility index (Phi) is 2.67. The first-order chi connectivity index (χ1) is 7.50. The second kappa shape index (κ2) is 3.86. The van der Waals surface area contributed by atoms with E-state index in [9.17, 15) is 4.79 Å². The third-order valence-electron chi connectivity index (χ3n) is 2.72. The van der Waals surface area contributed by atoms with Crippen LogP contribution in [0.25, 0.3) is 0 Å². The normalized spacial score (nSPS) is 20.4. The molecule has 0 unspecified atom stereocenters. The average Bonchev–Trinajstić information content (AvgIpc) is 2.65. The Morgan fingerprint density at radius 3 is 2.69 bits per heavy atom. The third-order valence-corrected chi connectivity index (χ3v) is 3.06. The highest BCUT2D eigenvalue weighted by Gasteiger charge is 2.33. The first-order valence-electron chi connectivity index (χ1n) is 5.04. The molecule has 1 aromatic rings. The molecule has 1 N–H and O–H groups in total. The van der Waals surface area contributed by atoms with E-state index in [4.69, 9.17) is 16.7 Å². The summed E-state index contributed by atoms with van der Waals surface area (Å²) in [6, 6.07) is -0.243. The lowest BCUT2D eigenvalue weighted by atomic mass is 10.2. The van der Waals surface area contributed by atoms with Crippen molar-refractivity contribution in [1.82, 2.24) is 15.4 Å². The quantitative estimate of drug-likeness (QED) is 0.777. The first kappa shape index (κ1) is 11.1. The molecule has 1 atom stereocenters. The minimum atomic E-state index is -0.243. The SMILES string of the molecule is Cc1noc(C)c1CN1C(=O)[C@H](C)NC1=S. The second-order valence-corrected chi connectivity index (χ2v) is 4.28. The molecule has 16 heavy (non-hydrogen) atoms. The van der Waals surface area contributed by atoms with E-state index in [1.165, 1.54) is 0 Å². The maximum absolute atomic E-state index is 11.8. The zero-order valence-electron chi connectivity index (χ0n) is 9.40. The van der Waals surface area contributed by atoms with Crippen LogP contribution in [0.3, 0.4) is 0 Å². The van der Waals surface area contributed by atoms with Crippen LogP contribution < -0.4 is 5.32 Å². The smallest absolute Gasteiger partial charge is 0.251 e. The Bertz CT molecular complexity index is 435. The summed E-state index contributed by atoms with van der Waals surface area (Å²) in [7, 11) is 0. The topological polar surface area (TPSA) is 58.4 Å². The van der Waals surface area contributed by atoms with Gasteiger partial charge in [-0.25, -0.2) is 0 Å². The minimum Gasteiger partial charge on any atom is -0.361 e. The molecule has 86 valence electrons. The van der Waals surface area contributed by atoms with Gasteiger partial charge >= 0.3 is 0 Å². The van der Waals surface area contributed by atoms with Crippen molar-refractivity contribution >= 4 is 23.2 Å². The van der Waals surface area contributed by atoms with E-state index in [1.54, 1.807) is 11.8 Å². The fourth-order valence-corrected chi connectivity index (χ4v) is 2.03. The van der Waals surface area contributed by atoms with Crippen LogP contribution >= 0.6 is 12.2 Å². The van der Waals surface area contributed by atoms with Gasteiger partial charge in [-0.2, -0.15) is 0 Å². The first-order valence-corrected chi connectivity index (χ1v) is 5.45. The highest BCUT2D eigenvalue weighted by Crippen LogP contribution is 2.17. The van der Waals surface area contributed by atoms with E-state index < -0.39 is 0 Å². The molecule has 2 rings (SSSR count). The summed E-state index contributed by atoms with van der Waals surface area (Å²) in [4.78, 5) is 13.3. The Labute approximate surface area is 98.8 Å². The summed E-state index contributed by atoms with van der Waals surface area (Å²) < 4.78 is 5.05. The number of carbonyl (C=O) groups is 1. The minimum absolute atomic E-state index is 0.00926. The summed E-state index contributed by atoms with van der Waals surface area (Å²) in [6.07, 6.45) is 0. The molecule has 0 radical (unpaired) electrons. The van der Waals surface area contributed by atoms with Crippen molar-refractivity contribution in [2.24, 2.45) is 0 Å². The van der Waals surface area contributed by atoms with Gasteiger partial charge in [-0.1, -0.05) is 5.16 Å². The maximum Gasteiger partial charge on any atom is 0.251 e. The van der Waals surface area contributed by atoms with E-state index >= 15 is 0 Å². The van der Waals surface area contributed by atoms with Crippen LogP contribution in [0.4, 0.5) is 0 Å². The number of aromatic nitrogens is 1. The van der Waals surface area contributed by atoms with Gasteiger partial charge in [0.05, 0.1) is 12.2 Å². The number of thiocarbonyl (C=S) groups is 1. The van der Waals surface area contributed by atoms with Crippen LogP contribution in [0.15, 0.2) is 4.52 Å². The highest BCUT2D eigenvalue weighted by molar-refractivity contribution is 7.80. The van der Waals surface area contributed by atoms with E-state index in [-0.39, 0.29) is 11.9 Å². The van der Waals surface area contributed by atoms with E-state index in [0.29, 0.717) is 11.7 Å². The fraction of sp³-hybridized carbons (Fsp3) is 0.500. The number of nitrogens with one attached hydrogen (secondary N) is 1. The predicted molar refractivity (Wildman–Crippen MR) is 61.7 cm³/mol. The molecule has 1 aromatic heterocycles. The fourth-order valence-electron chi connectivity index (χ4n) is 1.69. The van der Waals surface area contributed by atoms with Crippen LogP contribution in [-0.4, -0.2) is 27.1 Å². The van der Waals surface area contributed by atoms with Gasteiger partial charge in [-0.05, 0) is 33.0 Å². The molecule has 0 spiro atoms. The maximum atomic E-state index is 11.8. The third kappa shape index (κ3) is 1.69. The van der Waals surface area contributed by atoms with Crippen molar-refractivity contribution in [1.29, 1.82) is 0 Å². The lowest BCUT2D eigenvalue weighted by molar-refractivity contribution is -0.127. The molecule has 1 amide bonds. The number of hydrogen-bond donors (Lipinski definition) is 1. The van der Waals surface area contributed by atoms with Crippen LogP contribution in [-0.2, 0) is 11.3 Å². The van der Waals surface area contributed by atoms with Crippen molar-refractivity contribution in [2.75, 3.05) is 0 Å². The summed E-state index contributed by atoms with van der Waals surface area (Å²) >= 11 is 5.10. The zero-order valence-corrected chi connectivity index (χ0v) is 10.2. The summed E-state index contributed by atoms with van der Waals surface area (Å²) in [5.41, 5.74) is 1.72. The standard InChI is InChI=1S/C10H13N3O2S/c1-5-8(7(3)15-12-5)4-13-9(14)6(2)11-10(13)16/h6H,4H2,1-3H3,(H,11,16)/t6-/m0/s1. The van der Waals surface area contributed by atoms with E-state index in [1.807, 2.05) is 13.8 Å². The zero-order chi connectivity index (χ0) is 11.9. The number of aryl methyl sites for hydroxylation is 2. The number of carbonyl (C=O) groups excluding carboxylic acids is 1. The molecule has 1 fully saturated rings. The molecule has 0 aliphatic carbocycles. The summed E-state index contributed by atoms with van der Waals surface area (Å²) in [5.74, 6) is 0.720. The molecule has 1 saturated heterocycles. The molecular formula is C10H13N3O2S. The second-order valence-electron chi connectivity index (χ2n) is 3.90. The Hall–Kier alpha value is -1.43. The van der Waals surface area contributed by atoms with Gasteiger partial charge in [0.1, 0.15) is 11.8 Å². The molecule has 0 saturated carbocycles. The van der Waals surface area contributed by atoms with Crippen molar-refractivity contribution in [3.8, 4) is 0 Å². The van der Waals surface area contributed by atoms with Gasteiger partial charge in [0.25, 0.3) is 5.91 Å². The van der Waals surface area contributed by atoms with Crippen molar-refractivity contribution in [3.05, 3.63) is 17.0 Å². The summed E-state index contributed by atoms with van der Waals surface area (Å²) in [6.45, 7) is 5.90. The molecular weight excluding hydrogens is 226 g/mol. The molecule has 2 heterocycles. The van der Waals surface area contributed by atoms with Gasteiger partial charge in [0.15, 0.2) is 5.11 Å². The monoisotopic (exact) mass is 239 g/mol. The molecule has 5 nitrogen and oxygen atoms in total. The molecule has 0 bridgehead atoms. The van der Waals surface area contributed by atoms with Crippen LogP contribution in [0, 0.1) is 13.8 Å². The summed E-state index contributed by atoms with van der Waals surface area (Å²) in [5, 5.41) is 7.25. The van der Waals surface area contributed by atoms with Gasteiger partial charge < -0.3 is 9.84 Å². The predicted octanol–water partition coefficient (Wildman–Crippen LogP) is 0.897. The largest absolute Gasteiger partial charge is 0.361 e. The van der Waals surface area contributed by atoms with Crippen LogP contribution in [0.1, 0.15) is 23.9 Å². The number of rotatable bonds is 2. The van der Waals surface area contributed by atoms with Crippen LogP contribution in [0.2, 0.25) is 0 Å². The lowest BCUT2D eigenvalue weighted by Gasteiger charge is -2.13. The van der Waals surface area contributed by atoms with E-state index in [0.717, 1.165) is 17.0 Å². The highest BCUT2D eigenvalue weighted by atomic mass is 32.1. The Morgan fingerprint density at radius 1 is 1.56 bits per heavy atom. The Balaban J connectivity index is 2.22. The number of amides is 1. The van der Waals surface area contributed by atoms with Gasteiger partial charge in [-0.3, -0.25) is 9.69 Å². The molecule has 1 aliphatic rings. The van der Waals surface area contributed by atoms with Crippen molar-refractivity contribution in [2.45, 2.75) is 33.4 Å². The lowest BCUT2D eigenvalue weighted by Crippen LogP contribution is -2.30. The number of hydrogen-bond acceptors (Lipinski definition) is 4.